The minimum absolute atomic E-state index is 0.0104. The molecule has 0 atom stereocenters. The second-order valence-corrected chi connectivity index (χ2v) is 6.12. The van der Waals surface area contributed by atoms with Gasteiger partial charge in [-0.3, -0.25) is 0 Å². The Bertz CT molecular complexity index is 755. The van der Waals surface area contributed by atoms with Gasteiger partial charge in [-0.1, -0.05) is 12.1 Å². The Labute approximate surface area is 107 Å². The Morgan fingerprint density at radius 1 is 1.33 bits per heavy atom. The molecule has 2 rings (SSSR count). The smallest absolute Gasteiger partial charge is 0.244 e. The molecule has 0 spiro atoms. The molecule has 2 aromatic rings. The maximum Gasteiger partial charge on any atom is 0.361 e. The number of halogens is 1. The molecule has 0 fully saturated rings. The van der Waals surface area contributed by atoms with Crippen LogP contribution in [-0.2, 0) is 9.05 Å². The summed E-state index contributed by atoms with van der Waals surface area (Å²) in [7, 11) is 1.49. The van der Waals surface area contributed by atoms with Crippen LogP contribution >= 0.6 is 10.7 Å². The molecule has 0 saturated carbocycles. The highest BCUT2D eigenvalue weighted by Gasteiger charge is 2.15. The molecule has 0 amide bonds. The Balaban J connectivity index is 2.65. The van der Waals surface area contributed by atoms with E-state index in [-0.39, 0.29) is 10.6 Å². The quantitative estimate of drug-likeness (QED) is 0.833. The summed E-state index contributed by atoms with van der Waals surface area (Å²) >= 11 is 0. The molecule has 1 heterocycles. The Kier molecular flexibility index (Phi) is 3.18. The number of benzene rings is 1. The lowest BCUT2D eigenvalue weighted by molar-refractivity contribution is 0.609. The van der Waals surface area contributed by atoms with Gasteiger partial charge in [0.2, 0.25) is 0 Å². The van der Waals surface area contributed by atoms with Gasteiger partial charge in [-0.05, 0) is 18.6 Å². The number of aromatic amines is 1. The van der Waals surface area contributed by atoms with Gasteiger partial charge in [0.05, 0.1) is 16.8 Å². The van der Waals surface area contributed by atoms with Crippen molar-refractivity contribution in [2.75, 3.05) is 0 Å². The predicted molar refractivity (Wildman–Crippen MR) is 65.9 cm³/mol. The molecule has 6 nitrogen and oxygen atoms in total. The van der Waals surface area contributed by atoms with Crippen molar-refractivity contribution < 1.29 is 8.42 Å². The molecule has 0 aliphatic rings. The molecule has 94 valence electrons. The third-order valence-corrected chi connectivity index (χ3v) is 3.78. The Morgan fingerprint density at radius 2 is 2.06 bits per heavy atom. The molecule has 8 heteroatoms. The van der Waals surface area contributed by atoms with Crippen molar-refractivity contribution in [2.24, 2.45) is 0 Å². The number of H-pyrrole nitrogens is 1. The van der Waals surface area contributed by atoms with Crippen LogP contribution in [0.4, 0.5) is 0 Å². The van der Waals surface area contributed by atoms with E-state index in [1.54, 1.807) is 19.1 Å². The number of aromatic nitrogens is 3. The summed E-state index contributed by atoms with van der Waals surface area (Å²) in [4.78, 5) is 14.7. The first kappa shape index (κ1) is 12.7. The lowest BCUT2D eigenvalue weighted by Crippen LogP contribution is -2.12. The molecule has 0 bridgehead atoms. The standard InChI is InChI=1S/C10H8ClN3O3S/c1-6-2-3-7(4-9(6)18(11,16)17)8-5-12-14-10(15)13-8/h2-5H,1H3,(H,13,14,15). The average molecular weight is 286 g/mol. The number of hydrogen-bond donors (Lipinski definition) is 1. The zero-order valence-corrected chi connectivity index (χ0v) is 10.8. The highest BCUT2D eigenvalue weighted by molar-refractivity contribution is 8.13. The van der Waals surface area contributed by atoms with E-state index in [9.17, 15) is 13.2 Å². The molecule has 0 saturated heterocycles. The van der Waals surface area contributed by atoms with Gasteiger partial charge in [-0.15, -0.1) is 0 Å². The minimum atomic E-state index is -3.84. The summed E-state index contributed by atoms with van der Waals surface area (Å²) in [6.45, 7) is 1.63. The molecular formula is C10H8ClN3O3S. The van der Waals surface area contributed by atoms with E-state index in [4.69, 9.17) is 10.7 Å². The van der Waals surface area contributed by atoms with Gasteiger partial charge in [0.15, 0.2) is 0 Å². The first-order chi connectivity index (χ1) is 8.38. The zero-order chi connectivity index (χ0) is 13.3. The van der Waals surface area contributed by atoms with Gasteiger partial charge < -0.3 is 0 Å². The minimum Gasteiger partial charge on any atom is -0.244 e. The fourth-order valence-corrected chi connectivity index (χ4v) is 2.69. The highest BCUT2D eigenvalue weighted by atomic mass is 35.7. The molecule has 1 aromatic carbocycles. The Hall–Kier alpha value is -1.73. The van der Waals surface area contributed by atoms with Crippen LogP contribution in [0.15, 0.2) is 34.1 Å². The van der Waals surface area contributed by atoms with Crippen LogP contribution in [-0.4, -0.2) is 23.6 Å². The first-order valence-corrected chi connectivity index (χ1v) is 7.16. The third-order valence-electron chi connectivity index (χ3n) is 2.32. The van der Waals surface area contributed by atoms with Crippen molar-refractivity contribution >= 4 is 19.7 Å². The van der Waals surface area contributed by atoms with Crippen molar-refractivity contribution in [3.05, 3.63) is 40.4 Å². The molecule has 1 N–H and O–H groups in total. The normalized spacial score (nSPS) is 11.4. The molecule has 0 aliphatic heterocycles. The molecule has 0 radical (unpaired) electrons. The van der Waals surface area contributed by atoms with Crippen molar-refractivity contribution in [2.45, 2.75) is 11.8 Å². The van der Waals surface area contributed by atoms with Crippen molar-refractivity contribution in [1.29, 1.82) is 0 Å². The molecule has 0 unspecified atom stereocenters. The lowest BCUT2D eigenvalue weighted by Gasteiger charge is -2.05. The maximum atomic E-state index is 11.4. The second-order valence-electron chi connectivity index (χ2n) is 3.59. The summed E-state index contributed by atoms with van der Waals surface area (Å²) in [5.74, 6) is 0. The van der Waals surface area contributed by atoms with Crippen LogP contribution < -0.4 is 5.69 Å². The number of hydrogen-bond acceptors (Lipinski definition) is 5. The van der Waals surface area contributed by atoms with Gasteiger partial charge in [-0.25, -0.2) is 18.3 Å². The van der Waals surface area contributed by atoms with Crippen molar-refractivity contribution in [3.8, 4) is 11.3 Å². The lowest BCUT2D eigenvalue weighted by atomic mass is 10.1. The summed E-state index contributed by atoms with van der Waals surface area (Å²) in [6.07, 6.45) is 1.33. The third kappa shape index (κ3) is 2.57. The van der Waals surface area contributed by atoms with E-state index < -0.39 is 14.7 Å². The van der Waals surface area contributed by atoms with E-state index in [2.05, 4.69) is 15.2 Å². The summed E-state index contributed by atoms with van der Waals surface area (Å²) in [5, 5.41) is 5.73. The Morgan fingerprint density at radius 3 is 2.67 bits per heavy atom. The van der Waals surface area contributed by atoms with Crippen LogP contribution in [0.1, 0.15) is 5.56 Å². The van der Waals surface area contributed by atoms with E-state index >= 15 is 0 Å². The SMILES string of the molecule is Cc1ccc(-c2cn[nH]c(=O)n2)cc1S(=O)(=O)Cl. The van der Waals surface area contributed by atoms with Gasteiger partial charge in [0, 0.05) is 16.2 Å². The van der Waals surface area contributed by atoms with Gasteiger partial charge in [0.1, 0.15) is 0 Å². The summed E-state index contributed by atoms with van der Waals surface area (Å²) < 4.78 is 22.7. The second kappa shape index (κ2) is 4.51. The van der Waals surface area contributed by atoms with Crippen molar-refractivity contribution in [3.63, 3.8) is 0 Å². The highest BCUT2D eigenvalue weighted by Crippen LogP contribution is 2.25. The fraction of sp³-hybridized carbons (Fsp3) is 0.100. The van der Waals surface area contributed by atoms with Crippen LogP contribution in [0.2, 0.25) is 0 Å². The van der Waals surface area contributed by atoms with Crippen molar-refractivity contribution in [1.82, 2.24) is 15.2 Å². The number of rotatable bonds is 2. The largest absolute Gasteiger partial charge is 0.361 e. The van der Waals surface area contributed by atoms with Crippen LogP contribution in [0, 0.1) is 6.92 Å². The van der Waals surface area contributed by atoms with Gasteiger partial charge in [0.25, 0.3) is 9.05 Å². The van der Waals surface area contributed by atoms with Crippen LogP contribution in [0.25, 0.3) is 11.3 Å². The monoisotopic (exact) mass is 285 g/mol. The van der Waals surface area contributed by atoms with E-state index in [0.29, 0.717) is 11.1 Å². The van der Waals surface area contributed by atoms with E-state index in [0.717, 1.165) is 0 Å². The number of nitrogens with one attached hydrogen (secondary N) is 1. The van der Waals surface area contributed by atoms with E-state index in [1.165, 1.54) is 12.3 Å². The summed E-state index contributed by atoms with van der Waals surface area (Å²) in [5.41, 5.74) is 0.647. The predicted octanol–water partition coefficient (Wildman–Crippen LogP) is 1.07. The zero-order valence-electron chi connectivity index (χ0n) is 9.21. The van der Waals surface area contributed by atoms with Gasteiger partial charge in [-0.2, -0.15) is 10.1 Å². The molecular weight excluding hydrogens is 278 g/mol. The summed E-state index contributed by atoms with van der Waals surface area (Å²) in [6, 6.07) is 4.60. The maximum absolute atomic E-state index is 11.4. The van der Waals surface area contributed by atoms with E-state index in [1.807, 2.05) is 0 Å². The molecule has 0 aliphatic carbocycles. The fourth-order valence-electron chi connectivity index (χ4n) is 1.47. The molecule has 18 heavy (non-hydrogen) atoms. The topological polar surface area (TPSA) is 92.8 Å². The molecule has 1 aromatic heterocycles. The van der Waals surface area contributed by atoms with Gasteiger partial charge >= 0.3 is 5.69 Å². The number of aryl methyl sites for hydroxylation is 1. The van der Waals surface area contributed by atoms with Crippen LogP contribution in [0.3, 0.4) is 0 Å². The van der Waals surface area contributed by atoms with Crippen LogP contribution in [0.5, 0.6) is 0 Å². The first-order valence-electron chi connectivity index (χ1n) is 4.85. The average Bonchev–Trinajstić information content (AvgIpc) is 2.28. The number of nitrogens with zero attached hydrogens (tertiary/aromatic N) is 2.